The zero-order valence-corrected chi connectivity index (χ0v) is 10.2. The molecule has 0 aliphatic heterocycles. The van der Waals surface area contributed by atoms with Crippen molar-refractivity contribution in [2.75, 3.05) is 0 Å². The Kier molecular flexibility index (Phi) is 4.74. The van der Waals surface area contributed by atoms with E-state index in [9.17, 15) is 4.79 Å². The second kappa shape index (κ2) is 5.64. The summed E-state index contributed by atoms with van der Waals surface area (Å²) in [6.07, 6.45) is 0.834. The molecular formula is C12H22O4. The summed E-state index contributed by atoms with van der Waals surface area (Å²) in [6, 6.07) is 0. The molecular weight excluding hydrogens is 208 g/mol. The van der Waals surface area contributed by atoms with Crippen LogP contribution in [0.2, 0.25) is 0 Å². The van der Waals surface area contributed by atoms with Gasteiger partial charge in [0.15, 0.2) is 0 Å². The molecule has 0 bridgehead atoms. The average molecular weight is 230 g/mol. The number of aliphatic hydroxyl groups excluding tert-OH is 1. The first-order chi connectivity index (χ1) is 7.41. The molecule has 1 fully saturated rings. The average Bonchev–Trinajstić information content (AvgIpc) is 2.16. The van der Waals surface area contributed by atoms with Crippen LogP contribution in [0.25, 0.3) is 0 Å². The molecule has 4 nitrogen and oxygen atoms in total. The minimum Gasteiger partial charge on any atom is -0.458 e. The topological polar surface area (TPSA) is 66.8 Å². The van der Waals surface area contributed by atoms with Gasteiger partial charge in [0.05, 0.1) is 0 Å². The van der Waals surface area contributed by atoms with Crippen LogP contribution in [-0.4, -0.2) is 28.6 Å². The van der Waals surface area contributed by atoms with E-state index in [0.717, 1.165) is 19.3 Å². The first-order valence-electron chi connectivity index (χ1n) is 5.98. The third-order valence-corrected chi connectivity index (χ3v) is 3.44. The molecule has 0 amide bonds. The summed E-state index contributed by atoms with van der Waals surface area (Å²) in [4.78, 5) is 11.2. The molecule has 0 spiro atoms. The van der Waals surface area contributed by atoms with Crippen molar-refractivity contribution in [3.8, 4) is 0 Å². The van der Waals surface area contributed by atoms with Crippen molar-refractivity contribution in [1.82, 2.24) is 0 Å². The number of esters is 1. The molecule has 0 aromatic carbocycles. The van der Waals surface area contributed by atoms with Crippen LogP contribution in [0, 0.1) is 17.8 Å². The smallest absolute Gasteiger partial charge is 0.363 e. The van der Waals surface area contributed by atoms with Crippen LogP contribution in [0.15, 0.2) is 0 Å². The Morgan fingerprint density at radius 1 is 1.31 bits per heavy atom. The molecule has 1 rings (SSSR count). The number of hydrogen-bond donors (Lipinski definition) is 2. The van der Waals surface area contributed by atoms with Crippen molar-refractivity contribution in [3.63, 3.8) is 0 Å². The number of rotatable bonds is 3. The first-order valence-corrected chi connectivity index (χ1v) is 5.98. The Morgan fingerprint density at radius 2 is 1.94 bits per heavy atom. The van der Waals surface area contributed by atoms with Crippen LogP contribution in [0.5, 0.6) is 0 Å². The summed E-state index contributed by atoms with van der Waals surface area (Å²) >= 11 is 0. The fourth-order valence-electron chi connectivity index (χ4n) is 2.46. The maximum Gasteiger partial charge on any atom is 0.363 e. The highest BCUT2D eigenvalue weighted by atomic mass is 16.6. The van der Waals surface area contributed by atoms with Gasteiger partial charge in [0.1, 0.15) is 6.10 Å². The van der Waals surface area contributed by atoms with Crippen molar-refractivity contribution in [1.29, 1.82) is 0 Å². The summed E-state index contributed by atoms with van der Waals surface area (Å²) in [5.74, 6) is 0.383. The molecule has 0 aromatic rings. The van der Waals surface area contributed by atoms with Crippen LogP contribution < -0.4 is 0 Å². The van der Waals surface area contributed by atoms with Gasteiger partial charge in [-0.1, -0.05) is 27.2 Å². The summed E-state index contributed by atoms with van der Waals surface area (Å²) in [6.45, 7) is 6.35. The van der Waals surface area contributed by atoms with E-state index in [1.165, 1.54) is 0 Å². The summed E-state index contributed by atoms with van der Waals surface area (Å²) in [5, 5.41) is 17.4. The molecule has 1 aliphatic carbocycles. The molecule has 4 heteroatoms. The van der Waals surface area contributed by atoms with E-state index in [-0.39, 0.29) is 6.10 Å². The maximum absolute atomic E-state index is 11.2. The number of carbonyl (C=O) groups is 1. The number of ether oxygens (including phenoxy) is 1. The van der Waals surface area contributed by atoms with E-state index in [4.69, 9.17) is 14.9 Å². The second-order valence-corrected chi connectivity index (χ2v) is 5.18. The largest absolute Gasteiger partial charge is 0.458 e. The van der Waals surface area contributed by atoms with Crippen LogP contribution in [0.4, 0.5) is 0 Å². The van der Waals surface area contributed by atoms with E-state index in [0.29, 0.717) is 17.8 Å². The molecule has 3 atom stereocenters. The predicted molar refractivity (Wildman–Crippen MR) is 59.4 cm³/mol. The maximum atomic E-state index is 11.2. The van der Waals surface area contributed by atoms with Gasteiger partial charge in [-0.3, -0.25) is 0 Å². The van der Waals surface area contributed by atoms with Crippen molar-refractivity contribution >= 4 is 5.97 Å². The first kappa shape index (κ1) is 13.5. The zero-order chi connectivity index (χ0) is 12.3. The molecule has 0 saturated heterocycles. The third kappa shape index (κ3) is 3.46. The normalized spacial score (nSPS) is 30.8. The van der Waals surface area contributed by atoms with E-state index in [1.807, 2.05) is 0 Å². The van der Waals surface area contributed by atoms with Gasteiger partial charge in [-0.15, -0.1) is 0 Å². The van der Waals surface area contributed by atoms with Gasteiger partial charge in [0, 0.05) is 0 Å². The number of hydrogen-bond acceptors (Lipinski definition) is 4. The summed E-state index contributed by atoms with van der Waals surface area (Å²) < 4.78 is 5.16. The lowest BCUT2D eigenvalue weighted by atomic mass is 9.75. The van der Waals surface area contributed by atoms with Crippen molar-refractivity contribution in [3.05, 3.63) is 0 Å². The standard InChI is InChI=1S/C12H22O4/c1-7(2)9-5-4-8(3)6-10(9)16-12(15)11(13)14/h7-11,13-14H,4-6H2,1-3H3/t8-,9+,10-/m0/s1. The molecule has 2 N–H and O–H groups in total. The second-order valence-electron chi connectivity index (χ2n) is 5.18. The Hall–Kier alpha value is -0.610. The Morgan fingerprint density at radius 3 is 2.44 bits per heavy atom. The molecule has 94 valence electrons. The van der Waals surface area contributed by atoms with Crippen LogP contribution in [0.3, 0.4) is 0 Å². The van der Waals surface area contributed by atoms with Gasteiger partial charge in [0.25, 0.3) is 6.29 Å². The lowest BCUT2D eigenvalue weighted by Crippen LogP contribution is -2.38. The fourth-order valence-corrected chi connectivity index (χ4v) is 2.46. The highest BCUT2D eigenvalue weighted by Crippen LogP contribution is 2.35. The van der Waals surface area contributed by atoms with Crippen molar-refractivity contribution in [2.24, 2.45) is 17.8 Å². The SMILES string of the molecule is CC(C)[C@H]1CC[C@H](C)C[C@@H]1OC(=O)C(O)O. The minimum atomic E-state index is -2.01. The van der Waals surface area contributed by atoms with Crippen LogP contribution in [-0.2, 0) is 9.53 Å². The molecule has 0 radical (unpaired) electrons. The van der Waals surface area contributed by atoms with Crippen LogP contribution in [0.1, 0.15) is 40.0 Å². The number of carbonyl (C=O) groups excluding carboxylic acids is 1. The molecule has 1 aliphatic rings. The Bertz CT molecular complexity index is 237. The molecule has 0 unspecified atom stereocenters. The van der Waals surface area contributed by atoms with E-state index in [1.54, 1.807) is 0 Å². The van der Waals surface area contributed by atoms with Gasteiger partial charge in [-0.05, 0) is 30.6 Å². The molecule has 1 saturated carbocycles. The molecule has 0 aromatic heterocycles. The van der Waals surface area contributed by atoms with Gasteiger partial charge in [-0.2, -0.15) is 0 Å². The lowest BCUT2D eigenvalue weighted by Gasteiger charge is -2.36. The number of aliphatic hydroxyl groups is 2. The fraction of sp³-hybridized carbons (Fsp3) is 0.917. The Labute approximate surface area is 96.6 Å². The monoisotopic (exact) mass is 230 g/mol. The van der Waals surface area contributed by atoms with Crippen LogP contribution >= 0.6 is 0 Å². The van der Waals surface area contributed by atoms with E-state index >= 15 is 0 Å². The summed E-state index contributed by atoms with van der Waals surface area (Å²) in [5.41, 5.74) is 0. The van der Waals surface area contributed by atoms with Gasteiger partial charge >= 0.3 is 5.97 Å². The Balaban J connectivity index is 2.61. The summed E-state index contributed by atoms with van der Waals surface area (Å²) in [7, 11) is 0. The zero-order valence-electron chi connectivity index (χ0n) is 10.2. The van der Waals surface area contributed by atoms with Gasteiger partial charge < -0.3 is 14.9 Å². The highest BCUT2D eigenvalue weighted by Gasteiger charge is 2.34. The van der Waals surface area contributed by atoms with Gasteiger partial charge in [0.2, 0.25) is 0 Å². The third-order valence-electron chi connectivity index (χ3n) is 3.44. The minimum absolute atomic E-state index is 0.168. The molecule has 0 heterocycles. The molecule has 16 heavy (non-hydrogen) atoms. The quantitative estimate of drug-likeness (QED) is 0.566. The predicted octanol–water partition coefficient (Wildman–Crippen LogP) is 1.30. The highest BCUT2D eigenvalue weighted by molar-refractivity contribution is 5.72. The van der Waals surface area contributed by atoms with Gasteiger partial charge in [-0.25, -0.2) is 4.79 Å². The van der Waals surface area contributed by atoms with E-state index in [2.05, 4.69) is 20.8 Å². The lowest BCUT2D eigenvalue weighted by molar-refractivity contribution is -0.184. The van der Waals surface area contributed by atoms with Crippen molar-refractivity contribution in [2.45, 2.75) is 52.4 Å². The van der Waals surface area contributed by atoms with Crippen molar-refractivity contribution < 1.29 is 19.7 Å². The van der Waals surface area contributed by atoms with E-state index < -0.39 is 12.3 Å².